The molecule has 0 aromatic heterocycles. The van der Waals surface area contributed by atoms with Gasteiger partial charge in [-0.25, -0.2) is 0 Å². The summed E-state index contributed by atoms with van der Waals surface area (Å²) < 4.78 is 11.3. The molecule has 0 bridgehead atoms. The molecule has 0 fully saturated rings. The number of benzene rings is 2. The summed E-state index contributed by atoms with van der Waals surface area (Å²) in [5.41, 5.74) is 1.21. The number of ether oxygens (including phenoxy) is 2. The molecule has 0 aliphatic heterocycles. The fourth-order valence-corrected chi connectivity index (χ4v) is 4.04. The third-order valence-electron chi connectivity index (χ3n) is 5.54. The van der Waals surface area contributed by atoms with Gasteiger partial charge in [-0.05, 0) is 30.5 Å². The number of allylic oxidation sites excluding steroid dienone is 2. The van der Waals surface area contributed by atoms with Crippen molar-refractivity contribution in [2.24, 2.45) is 0 Å². The van der Waals surface area contributed by atoms with Crippen LogP contribution in [0.1, 0.15) is 56.2 Å². The highest BCUT2D eigenvalue weighted by Crippen LogP contribution is 2.53. The van der Waals surface area contributed by atoms with Gasteiger partial charge in [-0.3, -0.25) is 4.79 Å². The lowest BCUT2D eigenvalue weighted by Crippen LogP contribution is -2.41. The molecule has 30 heavy (non-hydrogen) atoms. The lowest BCUT2D eigenvalue weighted by atomic mass is 9.68. The summed E-state index contributed by atoms with van der Waals surface area (Å²) in [6.07, 6.45) is 7.10. The summed E-state index contributed by atoms with van der Waals surface area (Å²) >= 11 is 0. The fourth-order valence-electron chi connectivity index (χ4n) is 4.04. The molecule has 158 valence electrons. The number of carbonyl (C=O) groups excluding carboxylic acids is 1. The lowest BCUT2D eigenvalue weighted by molar-refractivity contribution is -0.126. The minimum Gasteiger partial charge on any atom is -0.496 e. The van der Waals surface area contributed by atoms with E-state index in [1.165, 1.54) is 0 Å². The first-order chi connectivity index (χ1) is 14.5. The Morgan fingerprint density at radius 3 is 2.00 bits per heavy atom. The second kappa shape index (κ2) is 9.31. The molecule has 0 heterocycles. The molecule has 0 spiro atoms. The van der Waals surface area contributed by atoms with Crippen LogP contribution in [0.5, 0.6) is 11.5 Å². The molecule has 1 aliphatic rings. The van der Waals surface area contributed by atoms with Crippen LogP contribution in [0.3, 0.4) is 0 Å². The summed E-state index contributed by atoms with van der Waals surface area (Å²) in [6.45, 7) is 4.13. The van der Waals surface area contributed by atoms with Crippen molar-refractivity contribution in [1.82, 2.24) is 0 Å². The molecule has 0 amide bonds. The van der Waals surface area contributed by atoms with E-state index in [2.05, 4.69) is 13.8 Å². The molecule has 2 aromatic carbocycles. The van der Waals surface area contributed by atoms with Crippen molar-refractivity contribution < 1.29 is 19.4 Å². The monoisotopic (exact) mass is 406 g/mol. The molecule has 0 saturated heterocycles. The van der Waals surface area contributed by atoms with Gasteiger partial charge in [-0.2, -0.15) is 0 Å². The van der Waals surface area contributed by atoms with E-state index in [1.807, 2.05) is 42.5 Å². The van der Waals surface area contributed by atoms with Crippen LogP contribution in [0.25, 0.3) is 11.1 Å². The number of carbonyl (C=O) groups is 1. The Kier molecular flexibility index (Phi) is 6.78. The van der Waals surface area contributed by atoms with Gasteiger partial charge in [0.05, 0.1) is 14.2 Å². The standard InChI is InChI=1S/C26H30O4/c1-5-7-14-19-23-21(29-3)16-17-22(30-4)24(23)20(15-8-6-2)26(28,25(19)27)18-12-10-9-11-13-18/h9-17,28H,5-8H2,1-4H3/b19-14-,20-15-. The number of ketones is 1. The van der Waals surface area contributed by atoms with Crippen LogP contribution in [-0.2, 0) is 10.4 Å². The molecule has 0 saturated carbocycles. The lowest BCUT2D eigenvalue weighted by Gasteiger charge is -2.38. The molecule has 1 unspecified atom stereocenters. The molecule has 3 rings (SSSR count). The predicted octanol–water partition coefficient (Wildman–Crippen LogP) is 5.54. The first-order valence-electron chi connectivity index (χ1n) is 10.5. The van der Waals surface area contributed by atoms with Crippen molar-refractivity contribution in [2.45, 2.75) is 45.1 Å². The van der Waals surface area contributed by atoms with Crippen LogP contribution >= 0.6 is 0 Å². The maximum Gasteiger partial charge on any atom is 0.204 e. The molecular formula is C26H30O4. The highest BCUT2D eigenvalue weighted by atomic mass is 16.5. The van der Waals surface area contributed by atoms with Gasteiger partial charge in [-0.1, -0.05) is 69.2 Å². The summed E-state index contributed by atoms with van der Waals surface area (Å²) in [7, 11) is 3.20. The highest BCUT2D eigenvalue weighted by Gasteiger charge is 2.50. The number of rotatable bonds is 7. The summed E-state index contributed by atoms with van der Waals surface area (Å²) in [6, 6.07) is 12.8. The average Bonchev–Trinajstić information content (AvgIpc) is 2.79. The Bertz CT molecular complexity index is 972. The quantitative estimate of drug-likeness (QED) is 0.613. The number of methoxy groups -OCH3 is 2. The number of aliphatic hydroxyl groups is 1. The highest BCUT2D eigenvalue weighted by molar-refractivity contribution is 6.33. The molecular weight excluding hydrogens is 376 g/mol. The maximum absolute atomic E-state index is 13.9. The van der Waals surface area contributed by atoms with Gasteiger partial charge in [0.1, 0.15) is 11.5 Å². The molecule has 2 aromatic rings. The Morgan fingerprint density at radius 2 is 1.43 bits per heavy atom. The first kappa shape index (κ1) is 21.8. The molecule has 4 heteroatoms. The van der Waals surface area contributed by atoms with Crippen molar-refractivity contribution in [3.63, 3.8) is 0 Å². The van der Waals surface area contributed by atoms with Crippen molar-refractivity contribution in [3.05, 3.63) is 71.3 Å². The van der Waals surface area contributed by atoms with E-state index >= 15 is 0 Å². The van der Waals surface area contributed by atoms with Crippen LogP contribution in [0.4, 0.5) is 0 Å². The Balaban J connectivity index is 2.45. The zero-order valence-electron chi connectivity index (χ0n) is 18.2. The van der Waals surface area contributed by atoms with E-state index in [4.69, 9.17) is 9.47 Å². The zero-order valence-corrected chi connectivity index (χ0v) is 18.2. The van der Waals surface area contributed by atoms with E-state index in [0.29, 0.717) is 33.8 Å². The van der Waals surface area contributed by atoms with Gasteiger partial charge in [0.15, 0.2) is 5.60 Å². The van der Waals surface area contributed by atoms with Gasteiger partial charge in [0.25, 0.3) is 0 Å². The van der Waals surface area contributed by atoms with Crippen LogP contribution in [0.15, 0.2) is 54.6 Å². The van der Waals surface area contributed by atoms with Gasteiger partial charge in [0.2, 0.25) is 5.78 Å². The van der Waals surface area contributed by atoms with Crippen LogP contribution in [0.2, 0.25) is 0 Å². The molecule has 0 radical (unpaired) electrons. The van der Waals surface area contributed by atoms with Gasteiger partial charge in [-0.15, -0.1) is 0 Å². The topological polar surface area (TPSA) is 55.8 Å². The second-order valence-corrected chi connectivity index (χ2v) is 7.44. The van der Waals surface area contributed by atoms with Gasteiger partial charge in [0, 0.05) is 22.3 Å². The van der Waals surface area contributed by atoms with E-state index < -0.39 is 5.60 Å². The van der Waals surface area contributed by atoms with Crippen molar-refractivity contribution in [1.29, 1.82) is 0 Å². The SMILES string of the molecule is CCC/C=C1\C(=O)C(O)(c2ccccc2)/C(=C\CCC)c2c(OC)ccc(OC)c21. The van der Waals surface area contributed by atoms with Crippen molar-refractivity contribution >= 4 is 16.9 Å². The molecule has 1 atom stereocenters. The second-order valence-electron chi connectivity index (χ2n) is 7.44. The van der Waals surface area contributed by atoms with Crippen LogP contribution < -0.4 is 9.47 Å². The third kappa shape index (κ3) is 3.56. The van der Waals surface area contributed by atoms with Gasteiger partial charge < -0.3 is 14.6 Å². The van der Waals surface area contributed by atoms with E-state index in [9.17, 15) is 9.90 Å². The number of hydrogen-bond acceptors (Lipinski definition) is 4. The van der Waals surface area contributed by atoms with Crippen LogP contribution in [0, 0.1) is 0 Å². The third-order valence-corrected chi connectivity index (χ3v) is 5.54. The Labute approximate surface area is 178 Å². The van der Waals surface area contributed by atoms with Crippen molar-refractivity contribution in [3.8, 4) is 11.5 Å². The summed E-state index contributed by atoms with van der Waals surface area (Å²) in [4.78, 5) is 13.9. The number of fused-ring (bicyclic) bond motifs is 1. The van der Waals surface area contributed by atoms with Crippen LogP contribution in [-0.4, -0.2) is 25.1 Å². The first-order valence-corrected chi connectivity index (χ1v) is 10.5. The minimum absolute atomic E-state index is 0.330. The summed E-state index contributed by atoms with van der Waals surface area (Å²) in [5.74, 6) is 0.875. The largest absolute Gasteiger partial charge is 0.496 e. The predicted molar refractivity (Wildman–Crippen MR) is 121 cm³/mol. The number of hydrogen-bond donors (Lipinski definition) is 1. The molecule has 4 nitrogen and oxygen atoms in total. The number of Topliss-reactive ketones (excluding diaryl/α,β-unsaturated/α-hetero) is 1. The average molecular weight is 407 g/mol. The van der Waals surface area contributed by atoms with Gasteiger partial charge >= 0.3 is 0 Å². The fraction of sp³-hybridized carbons (Fsp3) is 0.346. The maximum atomic E-state index is 13.9. The smallest absolute Gasteiger partial charge is 0.204 e. The Morgan fingerprint density at radius 1 is 0.867 bits per heavy atom. The minimum atomic E-state index is -1.79. The van der Waals surface area contributed by atoms with E-state index in [-0.39, 0.29) is 5.78 Å². The van der Waals surface area contributed by atoms with Crippen molar-refractivity contribution in [2.75, 3.05) is 14.2 Å². The van der Waals surface area contributed by atoms with E-state index in [0.717, 1.165) is 31.2 Å². The molecule has 1 aliphatic carbocycles. The zero-order chi connectivity index (χ0) is 21.7. The summed E-state index contributed by atoms with van der Waals surface area (Å²) in [5, 5.41) is 12.0. The van der Waals surface area contributed by atoms with E-state index in [1.54, 1.807) is 26.4 Å². The number of unbranched alkanes of at least 4 members (excludes halogenated alkanes) is 2. The molecule has 1 N–H and O–H groups in total. The normalized spacial score (nSPS) is 21.0. The Hall–Kier alpha value is -2.85.